The van der Waals surface area contributed by atoms with Gasteiger partial charge >= 0.3 is 5.97 Å². The van der Waals surface area contributed by atoms with Crippen molar-refractivity contribution in [3.63, 3.8) is 0 Å². The number of aryl methyl sites for hydroxylation is 1. The summed E-state index contributed by atoms with van der Waals surface area (Å²) < 4.78 is 11.4. The number of hydrogen-bond acceptors (Lipinski definition) is 7. The number of carboxylic acid groups (broad SMARTS) is 1. The second-order valence-corrected chi connectivity index (χ2v) is 9.07. The highest BCUT2D eigenvalue weighted by molar-refractivity contribution is 5.92. The smallest absolute Gasteiger partial charge is 0.342 e. The quantitative estimate of drug-likeness (QED) is 0.611. The molecule has 0 aliphatic carbocycles. The molecule has 8 heteroatoms. The summed E-state index contributed by atoms with van der Waals surface area (Å²) in [5.74, 6) is -0.505. The minimum atomic E-state index is -1.13. The van der Waals surface area contributed by atoms with Gasteiger partial charge in [-0.05, 0) is 43.7 Å². The molecule has 1 aromatic carbocycles. The van der Waals surface area contributed by atoms with Crippen LogP contribution in [0.3, 0.4) is 0 Å². The number of hydrogen-bond donors (Lipinski definition) is 2. The van der Waals surface area contributed by atoms with Crippen LogP contribution in [0.1, 0.15) is 61.1 Å². The fraction of sp³-hybridized carbons (Fsp3) is 0.435. The number of rotatable bonds is 5. The first-order valence-corrected chi connectivity index (χ1v) is 10.4. The average molecular weight is 425 g/mol. The van der Waals surface area contributed by atoms with E-state index in [9.17, 15) is 14.7 Å². The number of benzene rings is 1. The number of carboxylic acids is 1. The molecule has 1 saturated heterocycles. The minimum absolute atomic E-state index is 0.0538. The van der Waals surface area contributed by atoms with Crippen molar-refractivity contribution < 1.29 is 18.8 Å². The summed E-state index contributed by atoms with van der Waals surface area (Å²) in [6, 6.07) is 4.94. The van der Waals surface area contributed by atoms with Gasteiger partial charge in [0.05, 0.1) is 17.6 Å². The summed E-state index contributed by atoms with van der Waals surface area (Å²) >= 11 is 0. The molecule has 0 spiro atoms. The van der Waals surface area contributed by atoms with Crippen LogP contribution in [0.2, 0.25) is 0 Å². The third kappa shape index (κ3) is 4.15. The summed E-state index contributed by atoms with van der Waals surface area (Å²) in [7, 11) is 0. The summed E-state index contributed by atoms with van der Waals surface area (Å²) in [6.07, 6.45) is 3.20. The van der Waals surface area contributed by atoms with Crippen molar-refractivity contribution in [2.75, 3.05) is 23.3 Å². The van der Waals surface area contributed by atoms with Crippen LogP contribution in [0.25, 0.3) is 11.0 Å². The molecule has 0 amide bonds. The van der Waals surface area contributed by atoms with Crippen molar-refractivity contribution in [2.24, 2.45) is 5.41 Å². The summed E-state index contributed by atoms with van der Waals surface area (Å²) in [5, 5.41) is 16.4. The predicted molar refractivity (Wildman–Crippen MR) is 118 cm³/mol. The van der Waals surface area contributed by atoms with Crippen LogP contribution >= 0.6 is 0 Å². The van der Waals surface area contributed by atoms with E-state index >= 15 is 0 Å². The van der Waals surface area contributed by atoms with Gasteiger partial charge in [0, 0.05) is 24.7 Å². The van der Waals surface area contributed by atoms with Crippen LogP contribution in [0.15, 0.2) is 38.1 Å². The Kier molecular flexibility index (Phi) is 5.24. The van der Waals surface area contributed by atoms with E-state index in [1.165, 1.54) is 0 Å². The van der Waals surface area contributed by atoms with Gasteiger partial charge in [0.25, 0.3) is 0 Å². The normalized spacial score (nSPS) is 17.0. The number of aromatic nitrogens is 1. The number of fused-ring (bicyclic) bond motifs is 1. The average Bonchev–Trinajstić information content (AvgIpc) is 3.16. The van der Waals surface area contributed by atoms with Gasteiger partial charge in [0.1, 0.15) is 11.1 Å². The van der Waals surface area contributed by atoms with Crippen LogP contribution in [0.5, 0.6) is 0 Å². The molecule has 0 unspecified atom stereocenters. The number of anilines is 2. The standard InChI is InChI=1S/C23H27N3O5/c1-13-9-15(14(2)25-21-17(22(28)29)12-24-31-21)20-16(10-13)18(27)11-19(30-20)26-7-5-23(3,4)6-8-26/h9-12,14,25H,5-8H2,1-4H3,(H,28,29)/t14-/m1/s1. The minimum Gasteiger partial charge on any atom is -0.477 e. The Morgan fingerprint density at radius 2 is 1.97 bits per heavy atom. The highest BCUT2D eigenvalue weighted by Gasteiger charge is 2.27. The lowest BCUT2D eigenvalue weighted by molar-refractivity contribution is 0.0697. The van der Waals surface area contributed by atoms with E-state index in [1.54, 1.807) is 6.07 Å². The SMILES string of the molecule is Cc1cc([C@@H](C)Nc2oncc2C(=O)O)c2oc(N3CCC(C)(C)CC3)cc(=O)c2c1. The van der Waals surface area contributed by atoms with Crippen LogP contribution in [0, 0.1) is 12.3 Å². The molecule has 2 N–H and O–H groups in total. The van der Waals surface area contributed by atoms with Gasteiger partial charge in [-0.15, -0.1) is 0 Å². The van der Waals surface area contributed by atoms with Gasteiger partial charge < -0.3 is 24.3 Å². The molecular formula is C23H27N3O5. The summed E-state index contributed by atoms with van der Waals surface area (Å²) in [5.41, 5.74) is 2.29. The maximum absolute atomic E-state index is 12.9. The van der Waals surface area contributed by atoms with Crippen LogP contribution in [-0.4, -0.2) is 29.3 Å². The largest absolute Gasteiger partial charge is 0.477 e. The Labute approximate surface area is 179 Å². The Balaban J connectivity index is 1.74. The first-order chi connectivity index (χ1) is 14.6. The van der Waals surface area contributed by atoms with E-state index in [1.807, 2.05) is 26.0 Å². The lowest BCUT2D eigenvalue weighted by atomic mass is 9.83. The molecule has 4 rings (SSSR count). The number of nitrogens with one attached hydrogen (secondary N) is 1. The Bertz CT molecular complexity index is 1180. The maximum atomic E-state index is 12.9. The molecule has 1 fully saturated rings. The Morgan fingerprint density at radius 3 is 2.65 bits per heavy atom. The van der Waals surface area contributed by atoms with Gasteiger partial charge in [-0.2, -0.15) is 0 Å². The van der Waals surface area contributed by atoms with E-state index in [-0.39, 0.29) is 28.3 Å². The number of piperidine rings is 1. The maximum Gasteiger partial charge on any atom is 0.342 e. The van der Waals surface area contributed by atoms with Crippen molar-refractivity contribution >= 4 is 28.7 Å². The van der Waals surface area contributed by atoms with Crippen molar-refractivity contribution in [3.8, 4) is 0 Å². The third-order valence-corrected chi connectivity index (χ3v) is 6.03. The van der Waals surface area contributed by atoms with Crippen molar-refractivity contribution in [1.29, 1.82) is 0 Å². The van der Waals surface area contributed by atoms with Gasteiger partial charge in [-0.25, -0.2) is 4.79 Å². The zero-order chi connectivity index (χ0) is 22.3. The Morgan fingerprint density at radius 1 is 1.26 bits per heavy atom. The van der Waals surface area contributed by atoms with Gasteiger partial charge in [-0.3, -0.25) is 4.79 Å². The number of nitrogens with zero attached hydrogens (tertiary/aromatic N) is 2. The van der Waals surface area contributed by atoms with Crippen molar-refractivity contribution in [3.05, 3.63) is 51.3 Å². The Hall–Kier alpha value is -3.29. The second kappa shape index (κ2) is 7.76. The van der Waals surface area contributed by atoms with Gasteiger partial charge in [-0.1, -0.05) is 25.1 Å². The second-order valence-electron chi connectivity index (χ2n) is 9.07. The summed E-state index contributed by atoms with van der Waals surface area (Å²) in [6.45, 7) is 9.94. The lowest BCUT2D eigenvalue weighted by Gasteiger charge is -2.37. The van der Waals surface area contributed by atoms with E-state index in [4.69, 9.17) is 8.94 Å². The third-order valence-electron chi connectivity index (χ3n) is 6.03. The molecule has 1 aliphatic heterocycles. The zero-order valence-electron chi connectivity index (χ0n) is 18.2. The first-order valence-electron chi connectivity index (χ1n) is 10.4. The fourth-order valence-corrected chi connectivity index (χ4v) is 4.00. The van der Waals surface area contributed by atoms with Crippen molar-refractivity contribution in [1.82, 2.24) is 5.16 Å². The van der Waals surface area contributed by atoms with Gasteiger partial charge in [0.15, 0.2) is 11.3 Å². The number of aromatic carboxylic acids is 1. The van der Waals surface area contributed by atoms with Crippen LogP contribution < -0.4 is 15.6 Å². The number of carbonyl (C=O) groups is 1. The lowest BCUT2D eigenvalue weighted by Crippen LogP contribution is -2.37. The van der Waals surface area contributed by atoms with E-state index < -0.39 is 5.97 Å². The molecule has 31 heavy (non-hydrogen) atoms. The van der Waals surface area contributed by atoms with E-state index in [0.717, 1.165) is 43.3 Å². The molecule has 164 valence electrons. The predicted octanol–water partition coefficient (Wildman–Crippen LogP) is 4.59. The molecule has 1 atom stereocenters. The van der Waals surface area contributed by atoms with E-state index in [2.05, 4.69) is 29.2 Å². The fourth-order valence-electron chi connectivity index (χ4n) is 4.00. The molecular weight excluding hydrogens is 398 g/mol. The summed E-state index contributed by atoms with van der Waals surface area (Å²) in [4.78, 5) is 26.4. The molecule has 3 heterocycles. The topological polar surface area (TPSA) is 109 Å². The molecule has 8 nitrogen and oxygen atoms in total. The molecule has 3 aromatic rings. The molecule has 2 aromatic heterocycles. The van der Waals surface area contributed by atoms with E-state index in [0.29, 0.717) is 16.9 Å². The first kappa shape index (κ1) is 21.0. The zero-order valence-corrected chi connectivity index (χ0v) is 18.2. The monoisotopic (exact) mass is 425 g/mol. The van der Waals surface area contributed by atoms with Crippen molar-refractivity contribution in [2.45, 2.75) is 46.6 Å². The highest BCUT2D eigenvalue weighted by atomic mass is 16.5. The van der Waals surface area contributed by atoms with Crippen LogP contribution in [-0.2, 0) is 0 Å². The highest BCUT2D eigenvalue weighted by Crippen LogP contribution is 2.34. The molecule has 0 radical (unpaired) electrons. The van der Waals surface area contributed by atoms with Crippen LogP contribution in [0.4, 0.5) is 11.8 Å². The molecule has 0 bridgehead atoms. The molecule has 0 saturated carbocycles. The molecule has 1 aliphatic rings. The van der Waals surface area contributed by atoms with Gasteiger partial charge in [0.2, 0.25) is 5.88 Å².